The minimum atomic E-state index is -0.646. The Kier molecular flexibility index (Phi) is 6.79. The number of hydrogen-bond acceptors (Lipinski definition) is 7. The van der Waals surface area contributed by atoms with Crippen LogP contribution in [0.4, 0.5) is 11.4 Å². The highest BCUT2D eigenvalue weighted by Crippen LogP contribution is 2.33. The molecule has 31 heavy (non-hydrogen) atoms. The second-order valence-electron chi connectivity index (χ2n) is 7.58. The first-order valence-electron chi connectivity index (χ1n) is 10.2. The van der Waals surface area contributed by atoms with Crippen molar-refractivity contribution in [3.8, 4) is 0 Å². The third-order valence-corrected chi connectivity index (χ3v) is 5.61. The van der Waals surface area contributed by atoms with Gasteiger partial charge in [0, 0.05) is 34.3 Å². The highest BCUT2D eigenvalue weighted by atomic mass is 16.5. The molecule has 0 radical (unpaired) electrons. The van der Waals surface area contributed by atoms with Crippen LogP contribution in [0.5, 0.6) is 0 Å². The highest BCUT2D eigenvalue weighted by molar-refractivity contribution is 5.99. The van der Waals surface area contributed by atoms with Gasteiger partial charge in [-0.2, -0.15) is 0 Å². The molecule has 0 bridgehead atoms. The fraction of sp³-hybridized carbons (Fsp3) is 0.524. The Morgan fingerprint density at radius 2 is 1.65 bits per heavy atom. The van der Waals surface area contributed by atoms with Crippen molar-refractivity contribution in [1.82, 2.24) is 9.13 Å². The van der Waals surface area contributed by atoms with Crippen LogP contribution in [0, 0.1) is 5.92 Å². The standard InChI is InChI=1S/C21H28N4O6/c1-5-31-21(29)13-6-8-25(9-7-13)15-11-17-16(10-14(15)22-18(26)12-30-4)23(2)19(27)20(28)24(17)3/h10-11,13H,5-9,12H2,1-4H3,(H,22,26). The van der Waals surface area contributed by atoms with Crippen LogP contribution in [0.2, 0.25) is 0 Å². The summed E-state index contributed by atoms with van der Waals surface area (Å²) >= 11 is 0. The number of nitrogens with zero attached hydrogens (tertiary/aromatic N) is 3. The lowest BCUT2D eigenvalue weighted by Gasteiger charge is -2.34. The molecular formula is C21H28N4O6. The van der Waals surface area contributed by atoms with Gasteiger partial charge in [-0.15, -0.1) is 0 Å². The zero-order valence-corrected chi connectivity index (χ0v) is 18.3. The molecule has 0 atom stereocenters. The van der Waals surface area contributed by atoms with E-state index in [4.69, 9.17) is 9.47 Å². The molecule has 1 N–H and O–H groups in total. The highest BCUT2D eigenvalue weighted by Gasteiger charge is 2.28. The van der Waals surface area contributed by atoms with Crippen molar-refractivity contribution < 1.29 is 19.1 Å². The van der Waals surface area contributed by atoms with E-state index in [2.05, 4.69) is 10.2 Å². The molecule has 2 aromatic rings. The molecule has 1 aliphatic rings. The summed E-state index contributed by atoms with van der Waals surface area (Å²) in [5.74, 6) is -0.681. The van der Waals surface area contributed by atoms with E-state index in [1.54, 1.807) is 26.1 Å². The van der Waals surface area contributed by atoms with Crippen molar-refractivity contribution in [2.45, 2.75) is 19.8 Å². The predicted molar refractivity (Wildman–Crippen MR) is 117 cm³/mol. The van der Waals surface area contributed by atoms with Gasteiger partial charge >= 0.3 is 17.1 Å². The van der Waals surface area contributed by atoms with Crippen molar-refractivity contribution >= 4 is 34.3 Å². The Morgan fingerprint density at radius 1 is 1.06 bits per heavy atom. The second kappa shape index (κ2) is 9.34. The van der Waals surface area contributed by atoms with Gasteiger partial charge in [0.05, 0.1) is 34.9 Å². The van der Waals surface area contributed by atoms with Crippen LogP contribution < -0.4 is 21.3 Å². The van der Waals surface area contributed by atoms with Crippen LogP contribution in [0.3, 0.4) is 0 Å². The van der Waals surface area contributed by atoms with Crippen LogP contribution in [-0.4, -0.2) is 54.4 Å². The lowest BCUT2D eigenvalue weighted by molar-refractivity contribution is -0.148. The number of esters is 1. The molecule has 0 unspecified atom stereocenters. The van der Waals surface area contributed by atoms with Crippen LogP contribution in [-0.2, 0) is 33.2 Å². The zero-order valence-electron chi connectivity index (χ0n) is 18.3. The lowest BCUT2D eigenvalue weighted by Crippen LogP contribution is -2.40. The van der Waals surface area contributed by atoms with Gasteiger partial charge in [0.1, 0.15) is 6.61 Å². The van der Waals surface area contributed by atoms with Crippen LogP contribution in [0.15, 0.2) is 21.7 Å². The molecular weight excluding hydrogens is 404 g/mol. The molecule has 2 heterocycles. The number of ether oxygens (including phenoxy) is 2. The molecule has 10 heteroatoms. The molecule has 0 aliphatic carbocycles. The number of methoxy groups -OCH3 is 1. The van der Waals surface area contributed by atoms with Gasteiger partial charge in [-0.1, -0.05) is 0 Å². The molecule has 1 aromatic heterocycles. The van der Waals surface area contributed by atoms with Gasteiger partial charge < -0.3 is 28.8 Å². The molecule has 1 aliphatic heterocycles. The number of hydrogen-bond donors (Lipinski definition) is 1. The monoisotopic (exact) mass is 432 g/mol. The van der Waals surface area contributed by atoms with Gasteiger partial charge in [-0.3, -0.25) is 19.2 Å². The summed E-state index contributed by atoms with van der Waals surface area (Å²) in [5.41, 5.74) is 1.04. The Morgan fingerprint density at radius 3 is 2.19 bits per heavy atom. The third kappa shape index (κ3) is 4.48. The van der Waals surface area contributed by atoms with Gasteiger partial charge in [0.2, 0.25) is 5.91 Å². The number of rotatable bonds is 6. The number of piperidine rings is 1. The van der Waals surface area contributed by atoms with Crippen molar-refractivity contribution in [2.75, 3.05) is 43.6 Å². The summed E-state index contributed by atoms with van der Waals surface area (Å²) < 4.78 is 12.6. The summed E-state index contributed by atoms with van der Waals surface area (Å²) in [6, 6.07) is 3.49. The Bertz CT molecular complexity index is 1110. The molecule has 168 valence electrons. The van der Waals surface area contributed by atoms with E-state index in [1.807, 2.05) is 0 Å². The van der Waals surface area contributed by atoms with Crippen molar-refractivity contribution in [3.63, 3.8) is 0 Å². The average Bonchev–Trinajstić information content (AvgIpc) is 2.76. The molecule has 1 aromatic carbocycles. The molecule has 1 amide bonds. The van der Waals surface area contributed by atoms with Crippen molar-refractivity contribution in [3.05, 3.63) is 32.8 Å². The molecule has 1 fully saturated rings. The van der Waals surface area contributed by atoms with Gasteiger partial charge in [0.25, 0.3) is 0 Å². The second-order valence-corrected chi connectivity index (χ2v) is 7.58. The average molecular weight is 432 g/mol. The normalized spacial score (nSPS) is 14.6. The zero-order chi connectivity index (χ0) is 22.7. The Labute approximate surface area is 179 Å². The number of fused-ring (bicyclic) bond motifs is 1. The number of carbonyl (C=O) groups excluding carboxylic acids is 2. The Hall–Kier alpha value is -3.14. The lowest BCUT2D eigenvalue weighted by atomic mass is 9.96. The van der Waals surface area contributed by atoms with E-state index in [0.717, 1.165) is 0 Å². The topological polar surface area (TPSA) is 112 Å². The minimum Gasteiger partial charge on any atom is -0.466 e. The number of aryl methyl sites for hydroxylation is 2. The smallest absolute Gasteiger partial charge is 0.316 e. The number of anilines is 2. The maximum absolute atomic E-state index is 12.3. The number of carbonyl (C=O) groups is 2. The summed E-state index contributed by atoms with van der Waals surface area (Å²) in [5, 5.41) is 2.84. The van der Waals surface area contributed by atoms with Crippen LogP contribution >= 0.6 is 0 Å². The predicted octanol–water partition coefficient (Wildman–Crippen LogP) is 0.602. The molecule has 3 rings (SSSR count). The first-order valence-corrected chi connectivity index (χ1v) is 10.2. The summed E-state index contributed by atoms with van der Waals surface area (Å²) in [6.07, 6.45) is 1.24. The van der Waals surface area contributed by atoms with E-state index in [0.29, 0.717) is 54.9 Å². The van der Waals surface area contributed by atoms with Crippen LogP contribution in [0.1, 0.15) is 19.8 Å². The Balaban J connectivity index is 2.04. The quantitative estimate of drug-likeness (QED) is 0.526. The number of amides is 1. The SMILES string of the molecule is CCOC(=O)C1CCN(c2cc3c(cc2NC(=O)COC)n(C)c(=O)c(=O)n3C)CC1. The number of benzene rings is 1. The fourth-order valence-electron chi connectivity index (χ4n) is 3.90. The van der Waals surface area contributed by atoms with E-state index < -0.39 is 11.1 Å². The van der Waals surface area contributed by atoms with E-state index in [-0.39, 0.29) is 24.4 Å². The van der Waals surface area contributed by atoms with Gasteiger partial charge in [-0.25, -0.2) is 0 Å². The maximum Gasteiger partial charge on any atom is 0.316 e. The summed E-state index contributed by atoms with van der Waals surface area (Å²) in [4.78, 5) is 50.9. The minimum absolute atomic E-state index is 0.116. The maximum atomic E-state index is 12.3. The number of nitrogens with one attached hydrogen (secondary N) is 1. The molecule has 1 saturated heterocycles. The van der Waals surface area contributed by atoms with Gasteiger partial charge in [0.15, 0.2) is 0 Å². The van der Waals surface area contributed by atoms with E-state index in [9.17, 15) is 19.2 Å². The summed E-state index contributed by atoms with van der Waals surface area (Å²) in [6.45, 7) is 3.19. The van der Waals surface area contributed by atoms with Crippen molar-refractivity contribution in [2.24, 2.45) is 20.0 Å². The van der Waals surface area contributed by atoms with Crippen LogP contribution in [0.25, 0.3) is 11.0 Å². The first-order chi connectivity index (χ1) is 14.8. The number of aromatic nitrogens is 2. The largest absolute Gasteiger partial charge is 0.466 e. The van der Waals surface area contributed by atoms with Gasteiger partial charge in [-0.05, 0) is 31.9 Å². The molecule has 0 spiro atoms. The molecule has 10 nitrogen and oxygen atoms in total. The third-order valence-electron chi connectivity index (χ3n) is 5.61. The summed E-state index contributed by atoms with van der Waals surface area (Å²) in [7, 11) is 4.50. The van der Waals surface area contributed by atoms with E-state index >= 15 is 0 Å². The van der Waals surface area contributed by atoms with Crippen molar-refractivity contribution in [1.29, 1.82) is 0 Å². The first kappa shape index (κ1) is 22.5. The van der Waals surface area contributed by atoms with E-state index in [1.165, 1.54) is 23.3 Å². The fourth-order valence-corrected chi connectivity index (χ4v) is 3.90. The molecule has 0 saturated carbocycles.